The summed E-state index contributed by atoms with van der Waals surface area (Å²) >= 11 is 0. The van der Waals surface area contributed by atoms with E-state index >= 15 is 0 Å². The van der Waals surface area contributed by atoms with Crippen LogP contribution in [0.15, 0.2) is 12.1 Å². The lowest BCUT2D eigenvalue weighted by Gasteiger charge is -2.37. The number of halogens is 3. The van der Waals surface area contributed by atoms with Crippen LogP contribution < -0.4 is 10.6 Å². The van der Waals surface area contributed by atoms with Crippen molar-refractivity contribution in [3.05, 3.63) is 23.3 Å². The van der Waals surface area contributed by atoms with Crippen LogP contribution in [0.4, 0.5) is 24.5 Å². The third kappa shape index (κ3) is 2.96. The molecular weight excluding hydrogens is 253 g/mol. The monoisotopic (exact) mass is 272 g/mol. The van der Waals surface area contributed by atoms with Crippen molar-refractivity contribution in [1.82, 2.24) is 0 Å². The molecule has 1 unspecified atom stereocenters. The van der Waals surface area contributed by atoms with Crippen LogP contribution in [0.3, 0.4) is 0 Å². The van der Waals surface area contributed by atoms with E-state index in [2.05, 4.69) is 0 Å². The van der Waals surface area contributed by atoms with Crippen molar-refractivity contribution in [3.8, 4) is 0 Å². The van der Waals surface area contributed by atoms with Gasteiger partial charge in [0.25, 0.3) is 0 Å². The molecule has 0 radical (unpaired) electrons. The van der Waals surface area contributed by atoms with E-state index in [-0.39, 0.29) is 13.0 Å². The van der Waals surface area contributed by atoms with Crippen LogP contribution in [0.2, 0.25) is 0 Å². The molecule has 1 aliphatic heterocycles. The van der Waals surface area contributed by atoms with E-state index in [1.165, 1.54) is 0 Å². The average Bonchev–Trinajstić information content (AvgIpc) is 2.26. The summed E-state index contributed by atoms with van der Waals surface area (Å²) in [6.07, 6.45) is -3.30. The molecule has 106 valence electrons. The molecule has 1 atom stereocenters. The largest absolute Gasteiger partial charge is 0.399 e. The molecule has 2 rings (SSSR count). The molecule has 5 heteroatoms. The zero-order chi connectivity index (χ0) is 14.2. The predicted molar refractivity (Wildman–Crippen MR) is 71.3 cm³/mol. The van der Waals surface area contributed by atoms with Crippen molar-refractivity contribution in [1.29, 1.82) is 0 Å². The lowest BCUT2D eigenvalue weighted by Crippen LogP contribution is -2.42. The van der Waals surface area contributed by atoms with Crippen LogP contribution >= 0.6 is 0 Å². The van der Waals surface area contributed by atoms with Crippen LogP contribution in [0, 0.1) is 19.8 Å². The Morgan fingerprint density at radius 2 is 1.79 bits per heavy atom. The Bertz CT molecular complexity index is 445. The summed E-state index contributed by atoms with van der Waals surface area (Å²) in [5.74, 6) is -1.22. The number of benzene rings is 1. The van der Waals surface area contributed by atoms with Gasteiger partial charge in [-0.1, -0.05) is 0 Å². The van der Waals surface area contributed by atoms with Crippen LogP contribution in [0.1, 0.15) is 24.0 Å². The van der Waals surface area contributed by atoms with Crippen molar-refractivity contribution in [2.24, 2.45) is 5.92 Å². The molecular formula is C14H19F3N2. The molecule has 1 fully saturated rings. The number of aryl methyl sites for hydroxylation is 2. The molecule has 0 aromatic heterocycles. The Morgan fingerprint density at radius 3 is 2.32 bits per heavy atom. The highest BCUT2D eigenvalue weighted by Gasteiger charge is 2.42. The quantitative estimate of drug-likeness (QED) is 0.790. The van der Waals surface area contributed by atoms with Crippen molar-refractivity contribution in [2.45, 2.75) is 32.9 Å². The fraction of sp³-hybridized carbons (Fsp3) is 0.571. The summed E-state index contributed by atoms with van der Waals surface area (Å²) in [5, 5.41) is 0. The van der Waals surface area contributed by atoms with E-state index in [1.54, 1.807) is 0 Å². The number of hydrogen-bond donors (Lipinski definition) is 1. The van der Waals surface area contributed by atoms with E-state index in [0.717, 1.165) is 16.8 Å². The molecule has 0 spiro atoms. The highest BCUT2D eigenvalue weighted by atomic mass is 19.4. The van der Waals surface area contributed by atoms with Gasteiger partial charge in [0.15, 0.2) is 0 Å². The van der Waals surface area contributed by atoms with E-state index in [0.29, 0.717) is 18.7 Å². The number of piperidine rings is 1. The Kier molecular flexibility index (Phi) is 3.65. The van der Waals surface area contributed by atoms with Gasteiger partial charge in [-0.3, -0.25) is 0 Å². The first-order chi connectivity index (χ1) is 8.79. The maximum atomic E-state index is 12.8. The van der Waals surface area contributed by atoms with Crippen molar-refractivity contribution >= 4 is 11.4 Å². The number of nitrogens with two attached hydrogens (primary N) is 1. The second-order valence-corrected chi connectivity index (χ2v) is 5.33. The first-order valence-corrected chi connectivity index (χ1v) is 6.47. The van der Waals surface area contributed by atoms with Gasteiger partial charge in [0.1, 0.15) is 0 Å². The van der Waals surface area contributed by atoms with Crippen molar-refractivity contribution in [2.75, 3.05) is 23.7 Å². The second-order valence-electron chi connectivity index (χ2n) is 5.33. The summed E-state index contributed by atoms with van der Waals surface area (Å²) in [6.45, 7) is 4.53. The fourth-order valence-corrected chi connectivity index (χ4v) is 2.94. The number of nitrogens with zero attached hydrogens (tertiary/aromatic N) is 1. The number of nitrogen functional groups attached to an aromatic ring is 1. The van der Waals surface area contributed by atoms with Gasteiger partial charge in [0.05, 0.1) is 5.92 Å². The highest BCUT2D eigenvalue weighted by molar-refractivity contribution is 5.64. The van der Waals surface area contributed by atoms with Gasteiger partial charge in [-0.2, -0.15) is 13.2 Å². The minimum atomic E-state index is -4.10. The lowest BCUT2D eigenvalue weighted by atomic mass is 9.95. The highest BCUT2D eigenvalue weighted by Crippen LogP contribution is 2.37. The van der Waals surface area contributed by atoms with Crippen LogP contribution in [-0.4, -0.2) is 19.3 Å². The maximum Gasteiger partial charge on any atom is 0.393 e. The SMILES string of the molecule is Cc1cc(N)cc(C)c1N1CCCC(C(F)(F)F)C1. The Hall–Kier alpha value is -1.39. The normalized spacial score (nSPS) is 20.7. The first kappa shape index (κ1) is 14.0. The van der Waals surface area contributed by atoms with E-state index in [9.17, 15) is 13.2 Å². The molecule has 1 aromatic carbocycles. The molecule has 2 nitrogen and oxygen atoms in total. The molecule has 1 aromatic rings. The smallest absolute Gasteiger partial charge is 0.393 e. The first-order valence-electron chi connectivity index (χ1n) is 6.47. The maximum absolute atomic E-state index is 12.8. The number of rotatable bonds is 1. The Balaban J connectivity index is 2.27. The molecule has 19 heavy (non-hydrogen) atoms. The summed E-state index contributed by atoms with van der Waals surface area (Å²) < 4.78 is 38.5. The predicted octanol–water partition coefficient (Wildman–Crippen LogP) is 3.66. The third-order valence-corrected chi connectivity index (χ3v) is 3.71. The van der Waals surface area contributed by atoms with Gasteiger partial charge in [-0.05, 0) is 49.9 Å². The molecule has 1 saturated heterocycles. The van der Waals surface area contributed by atoms with Crippen molar-refractivity contribution < 1.29 is 13.2 Å². The minimum absolute atomic E-state index is 0.0507. The van der Waals surface area contributed by atoms with Gasteiger partial charge in [-0.25, -0.2) is 0 Å². The Morgan fingerprint density at radius 1 is 1.21 bits per heavy atom. The Labute approximate surface area is 111 Å². The van der Waals surface area contributed by atoms with Gasteiger partial charge in [0, 0.05) is 24.5 Å². The topological polar surface area (TPSA) is 29.3 Å². The molecule has 0 aliphatic carbocycles. The average molecular weight is 272 g/mol. The molecule has 0 amide bonds. The lowest BCUT2D eigenvalue weighted by molar-refractivity contribution is -0.176. The van der Waals surface area contributed by atoms with Crippen molar-refractivity contribution in [3.63, 3.8) is 0 Å². The summed E-state index contributed by atoms with van der Waals surface area (Å²) in [6, 6.07) is 3.64. The van der Waals surface area contributed by atoms with Gasteiger partial charge in [0.2, 0.25) is 0 Å². The summed E-state index contributed by atoms with van der Waals surface area (Å²) in [5.41, 5.74) is 9.21. The standard InChI is InChI=1S/C14H19F3N2/c1-9-6-12(18)7-10(2)13(9)19-5-3-4-11(8-19)14(15,16)17/h6-7,11H,3-5,8,18H2,1-2H3. The van der Waals surface area contributed by atoms with Gasteiger partial charge in [-0.15, -0.1) is 0 Å². The summed E-state index contributed by atoms with van der Waals surface area (Å²) in [4.78, 5) is 1.85. The zero-order valence-electron chi connectivity index (χ0n) is 11.2. The zero-order valence-corrected chi connectivity index (χ0v) is 11.2. The van der Waals surface area contributed by atoms with Gasteiger partial charge >= 0.3 is 6.18 Å². The van der Waals surface area contributed by atoms with E-state index in [4.69, 9.17) is 5.73 Å². The molecule has 2 N–H and O–H groups in total. The number of anilines is 2. The van der Waals surface area contributed by atoms with Crippen LogP contribution in [0.25, 0.3) is 0 Å². The number of alkyl halides is 3. The molecule has 1 aliphatic rings. The fourth-order valence-electron chi connectivity index (χ4n) is 2.94. The van der Waals surface area contributed by atoms with Crippen LogP contribution in [-0.2, 0) is 0 Å². The second kappa shape index (κ2) is 4.94. The number of hydrogen-bond acceptors (Lipinski definition) is 2. The third-order valence-electron chi connectivity index (χ3n) is 3.71. The molecule has 0 bridgehead atoms. The minimum Gasteiger partial charge on any atom is -0.399 e. The van der Waals surface area contributed by atoms with Crippen LogP contribution in [0.5, 0.6) is 0 Å². The van der Waals surface area contributed by atoms with Gasteiger partial charge < -0.3 is 10.6 Å². The molecule has 0 saturated carbocycles. The van der Waals surface area contributed by atoms with E-state index in [1.807, 2.05) is 30.9 Å². The summed E-state index contributed by atoms with van der Waals surface area (Å²) in [7, 11) is 0. The molecule has 1 heterocycles. The van der Waals surface area contributed by atoms with E-state index < -0.39 is 12.1 Å².